The zero-order valence-corrected chi connectivity index (χ0v) is 12.0. The Morgan fingerprint density at radius 2 is 1.83 bits per heavy atom. The van der Waals surface area contributed by atoms with Gasteiger partial charge in [-0.2, -0.15) is 0 Å². The number of ether oxygens (including phenoxy) is 1. The van der Waals surface area contributed by atoms with Crippen LogP contribution in [0.5, 0.6) is 0 Å². The molecule has 4 heteroatoms. The summed E-state index contributed by atoms with van der Waals surface area (Å²) in [6.07, 6.45) is 6.23. The molecule has 1 saturated carbocycles. The molecule has 0 bridgehead atoms. The first-order valence-electron chi connectivity index (χ1n) is 6.73. The second-order valence-electron chi connectivity index (χ2n) is 5.78. The summed E-state index contributed by atoms with van der Waals surface area (Å²) in [5, 5.41) is 0. The Labute approximate surface area is 110 Å². The number of amides is 1. The lowest BCUT2D eigenvalue weighted by molar-refractivity contribution is -0.160. The molecule has 0 spiro atoms. The molecule has 0 atom stereocenters. The standard InChI is InChI=1S/C14H25NO3/c1-14(2,13(17)18-4)12(16)15(3)10-9-11-7-5-6-8-11/h11H,5-10H2,1-4H3. The topological polar surface area (TPSA) is 46.6 Å². The molecule has 0 aliphatic heterocycles. The molecule has 0 N–H and O–H groups in total. The van der Waals surface area contributed by atoms with Crippen molar-refractivity contribution in [1.29, 1.82) is 0 Å². The molecule has 1 amide bonds. The Balaban J connectivity index is 2.47. The highest BCUT2D eigenvalue weighted by Crippen LogP contribution is 2.28. The Hall–Kier alpha value is -1.06. The number of hydrogen-bond acceptors (Lipinski definition) is 3. The first-order chi connectivity index (χ1) is 8.39. The molecule has 1 fully saturated rings. The smallest absolute Gasteiger partial charge is 0.320 e. The van der Waals surface area contributed by atoms with E-state index < -0.39 is 11.4 Å². The molecule has 0 heterocycles. The lowest BCUT2D eigenvalue weighted by Crippen LogP contribution is -2.44. The van der Waals surface area contributed by atoms with Crippen molar-refractivity contribution < 1.29 is 14.3 Å². The number of nitrogens with zero attached hydrogens (tertiary/aromatic N) is 1. The maximum Gasteiger partial charge on any atom is 0.320 e. The largest absolute Gasteiger partial charge is 0.468 e. The van der Waals surface area contributed by atoms with Gasteiger partial charge in [0.25, 0.3) is 0 Å². The third-order valence-corrected chi connectivity index (χ3v) is 3.92. The second-order valence-corrected chi connectivity index (χ2v) is 5.78. The van der Waals surface area contributed by atoms with Crippen molar-refractivity contribution in [3.8, 4) is 0 Å². The Morgan fingerprint density at radius 3 is 2.33 bits per heavy atom. The molecular weight excluding hydrogens is 230 g/mol. The average molecular weight is 255 g/mol. The summed E-state index contributed by atoms with van der Waals surface area (Å²) in [4.78, 5) is 25.4. The molecule has 0 saturated heterocycles. The fourth-order valence-electron chi connectivity index (χ4n) is 2.60. The van der Waals surface area contributed by atoms with Crippen molar-refractivity contribution >= 4 is 11.9 Å². The number of hydrogen-bond donors (Lipinski definition) is 0. The first kappa shape index (κ1) is 15.0. The van der Waals surface area contributed by atoms with Crippen LogP contribution >= 0.6 is 0 Å². The molecule has 0 aromatic carbocycles. The normalized spacial score (nSPS) is 16.7. The fraction of sp³-hybridized carbons (Fsp3) is 0.857. The highest BCUT2D eigenvalue weighted by atomic mass is 16.5. The van der Waals surface area contributed by atoms with Gasteiger partial charge in [0.1, 0.15) is 5.41 Å². The van der Waals surface area contributed by atoms with Gasteiger partial charge in [0.05, 0.1) is 7.11 Å². The van der Waals surface area contributed by atoms with Crippen molar-refractivity contribution in [2.45, 2.75) is 46.0 Å². The van der Waals surface area contributed by atoms with Gasteiger partial charge in [-0.15, -0.1) is 0 Å². The lowest BCUT2D eigenvalue weighted by atomic mass is 9.91. The van der Waals surface area contributed by atoms with Crippen molar-refractivity contribution in [3.05, 3.63) is 0 Å². The zero-order valence-electron chi connectivity index (χ0n) is 12.0. The number of carbonyl (C=O) groups is 2. The van der Waals surface area contributed by atoms with E-state index in [9.17, 15) is 9.59 Å². The molecule has 4 nitrogen and oxygen atoms in total. The van der Waals surface area contributed by atoms with Crippen LogP contribution in [0.15, 0.2) is 0 Å². The van der Waals surface area contributed by atoms with Gasteiger partial charge in [0.15, 0.2) is 0 Å². The van der Waals surface area contributed by atoms with Crippen LogP contribution in [-0.4, -0.2) is 37.5 Å². The minimum atomic E-state index is -1.08. The van der Waals surface area contributed by atoms with E-state index in [0.29, 0.717) is 0 Å². The fourth-order valence-corrected chi connectivity index (χ4v) is 2.60. The quantitative estimate of drug-likeness (QED) is 0.559. The molecule has 1 aliphatic carbocycles. The van der Waals surface area contributed by atoms with Crippen molar-refractivity contribution in [3.63, 3.8) is 0 Å². The molecule has 0 radical (unpaired) electrons. The summed E-state index contributed by atoms with van der Waals surface area (Å²) < 4.78 is 4.68. The minimum Gasteiger partial charge on any atom is -0.468 e. The van der Waals surface area contributed by atoms with Gasteiger partial charge in [0.2, 0.25) is 5.91 Å². The number of esters is 1. The minimum absolute atomic E-state index is 0.160. The van der Waals surface area contributed by atoms with E-state index in [-0.39, 0.29) is 5.91 Å². The lowest BCUT2D eigenvalue weighted by Gasteiger charge is -2.27. The Kier molecular flexibility index (Phi) is 5.17. The van der Waals surface area contributed by atoms with E-state index in [1.54, 1.807) is 25.8 Å². The first-order valence-corrected chi connectivity index (χ1v) is 6.73. The summed E-state index contributed by atoms with van der Waals surface area (Å²) in [5.74, 6) is 0.119. The van der Waals surface area contributed by atoms with E-state index in [4.69, 9.17) is 0 Å². The molecule has 1 aliphatic rings. The highest BCUT2D eigenvalue weighted by Gasteiger charge is 2.39. The van der Waals surface area contributed by atoms with Crippen LogP contribution < -0.4 is 0 Å². The van der Waals surface area contributed by atoms with Crippen LogP contribution in [0.1, 0.15) is 46.0 Å². The van der Waals surface area contributed by atoms with Crippen molar-refractivity contribution in [1.82, 2.24) is 4.90 Å². The van der Waals surface area contributed by atoms with Crippen LogP contribution in [-0.2, 0) is 14.3 Å². The Bertz CT molecular complexity index is 306. The molecule has 104 valence electrons. The number of methoxy groups -OCH3 is 1. The van der Waals surface area contributed by atoms with Gasteiger partial charge in [0, 0.05) is 13.6 Å². The van der Waals surface area contributed by atoms with Crippen LogP contribution in [0.25, 0.3) is 0 Å². The maximum absolute atomic E-state index is 12.2. The maximum atomic E-state index is 12.2. The van der Waals surface area contributed by atoms with E-state index in [1.807, 2.05) is 0 Å². The molecular formula is C14H25NO3. The van der Waals surface area contributed by atoms with Crippen LogP contribution in [0.3, 0.4) is 0 Å². The summed E-state index contributed by atoms with van der Waals surface area (Å²) in [7, 11) is 3.08. The monoisotopic (exact) mass is 255 g/mol. The van der Waals surface area contributed by atoms with Crippen LogP contribution in [0, 0.1) is 11.3 Å². The van der Waals surface area contributed by atoms with E-state index >= 15 is 0 Å². The number of rotatable bonds is 5. The summed E-state index contributed by atoms with van der Waals surface area (Å²) in [6, 6.07) is 0. The van der Waals surface area contributed by atoms with E-state index in [1.165, 1.54) is 32.8 Å². The third kappa shape index (κ3) is 3.47. The summed E-state index contributed by atoms with van der Waals surface area (Å²) in [5.41, 5.74) is -1.08. The third-order valence-electron chi connectivity index (χ3n) is 3.92. The van der Waals surface area contributed by atoms with E-state index in [2.05, 4.69) is 4.74 Å². The summed E-state index contributed by atoms with van der Waals surface area (Å²) in [6.45, 7) is 3.96. The SMILES string of the molecule is COC(=O)C(C)(C)C(=O)N(C)CCC1CCCC1. The van der Waals surface area contributed by atoms with Gasteiger partial charge in [-0.3, -0.25) is 9.59 Å². The zero-order chi connectivity index (χ0) is 13.8. The molecule has 18 heavy (non-hydrogen) atoms. The van der Waals surface area contributed by atoms with Crippen molar-refractivity contribution in [2.24, 2.45) is 11.3 Å². The molecule has 0 unspecified atom stereocenters. The second kappa shape index (κ2) is 6.21. The highest BCUT2D eigenvalue weighted by molar-refractivity contribution is 6.01. The van der Waals surface area contributed by atoms with Gasteiger partial charge < -0.3 is 9.64 Å². The molecule has 0 aromatic rings. The van der Waals surface area contributed by atoms with Gasteiger partial charge >= 0.3 is 5.97 Å². The predicted octanol–water partition coefficient (Wildman–Crippen LogP) is 2.22. The Morgan fingerprint density at radius 1 is 1.28 bits per heavy atom. The molecule has 0 aromatic heterocycles. The van der Waals surface area contributed by atoms with Gasteiger partial charge in [-0.05, 0) is 26.2 Å². The van der Waals surface area contributed by atoms with Crippen LogP contribution in [0.2, 0.25) is 0 Å². The summed E-state index contributed by atoms with van der Waals surface area (Å²) >= 11 is 0. The predicted molar refractivity (Wildman–Crippen MR) is 70.0 cm³/mol. The van der Waals surface area contributed by atoms with Gasteiger partial charge in [-0.1, -0.05) is 25.7 Å². The van der Waals surface area contributed by atoms with Gasteiger partial charge in [-0.25, -0.2) is 0 Å². The average Bonchev–Trinajstić information content (AvgIpc) is 2.86. The number of carbonyl (C=O) groups excluding carboxylic acids is 2. The van der Waals surface area contributed by atoms with Crippen LogP contribution in [0.4, 0.5) is 0 Å². The van der Waals surface area contributed by atoms with E-state index in [0.717, 1.165) is 18.9 Å². The molecule has 1 rings (SSSR count). The van der Waals surface area contributed by atoms with Crippen molar-refractivity contribution in [2.75, 3.05) is 20.7 Å².